The molecule has 1 N–H and O–H groups in total. The molecule has 148 valence electrons. The van der Waals surface area contributed by atoms with Crippen LogP contribution in [0.1, 0.15) is 42.6 Å². The van der Waals surface area contributed by atoms with Crippen molar-refractivity contribution in [3.05, 3.63) is 55.4 Å². The lowest BCUT2D eigenvalue weighted by Crippen LogP contribution is -2.19. The number of benzene rings is 1. The van der Waals surface area contributed by atoms with Gasteiger partial charge < -0.3 is 4.98 Å². The van der Waals surface area contributed by atoms with Crippen LogP contribution in [0.5, 0.6) is 0 Å². The fourth-order valence-electron chi connectivity index (χ4n) is 3.78. The Labute approximate surface area is 179 Å². The van der Waals surface area contributed by atoms with E-state index in [9.17, 15) is 4.79 Å². The zero-order chi connectivity index (χ0) is 20.1. The summed E-state index contributed by atoms with van der Waals surface area (Å²) in [5.74, 6) is 1.74. The second-order valence-corrected chi connectivity index (χ2v) is 9.60. The first-order valence-electron chi connectivity index (χ1n) is 9.59. The van der Waals surface area contributed by atoms with Crippen molar-refractivity contribution in [1.82, 2.24) is 30.2 Å². The maximum atomic E-state index is 12.8. The highest BCUT2D eigenvalue weighted by molar-refractivity contribution is 9.10. The van der Waals surface area contributed by atoms with Gasteiger partial charge in [-0.3, -0.25) is 4.79 Å². The summed E-state index contributed by atoms with van der Waals surface area (Å²) in [5.41, 5.74) is 1.99. The lowest BCUT2D eigenvalue weighted by atomic mass is 9.89. The van der Waals surface area contributed by atoms with Crippen molar-refractivity contribution in [2.24, 2.45) is 5.92 Å². The number of fused-ring (bicyclic) bond motifs is 3. The van der Waals surface area contributed by atoms with Gasteiger partial charge in [0.2, 0.25) is 5.82 Å². The third kappa shape index (κ3) is 3.32. The van der Waals surface area contributed by atoms with E-state index in [-0.39, 0.29) is 11.6 Å². The lowest BCUT2D eigenvalue weighted by molar-refractivity contribution is 0.462. The van der Waals surface area contributed by atoms with Crippen LogP contribution in [0.2, 0.25) is 0 Å². The fraction of sp³-hybridized carbons (Fsp3) is 0.350. The molecule has 2 unspecified atom stereocenters. The van der Waals surface area contributed by atoms with E-state index < -0.39 is 0 Å². The average molecular weight is 471 g/mol. The van der Waals surface area contributed by atoms with Crippen molar-refractivity contribution in [1.29, 1.82) is 0 Å². The number of nitrogens with one attached hydrogen (secondary N) is 1. The van der Waals surface area contributed by atoms with Crippen LogP contribution in [0.3, 0.4) is 0 Å². The Balaban J connectivity index is 1.51. The predicted molar refractivity (Wildman–Crippen MR) is 116 cm³/mol. The Hall–Kier alpha value is -2.39. The minimum Gasteiger partial charge on any atom is -0.308 e. The number of H-pyrrole nitrogens is 1. The molecule has 4 aromatic rings. The van der Waals surface area contributed by atoms with E-state index in [2.05, 4.69) is 43.2 Å². The monoisotopic (exact) mass is 470 g/mol. The van der Waals surface area contributed by atoms with Gasteiger partial charge in [-0.1, -0.05) is 22.9 Å². The Morgan fingerprint density at radius 2 is 2.10 bits per heavy atom. The molecule has 7 nitrogen and oxygen atoms in total. The molecule has 0 amide bonds. The van der Waals surface area contributed by atoms with E-state index in [0.29, 0.717) is 17.6 Å². The van der Waals surface area contributed by atoms with Gasteiger partial charge in [-0.05, 0) is 67.1 Å². The molecule has 3 aromatic heterocycles. The maximum absolute atomic E-state index is 12.8. The van der Waals surface area contributed by atoms with Crippen LogP contribution < -0.4 is 5.56 Å². The van der Waals surface area contributed by atoms with Gasteiger partial charge in [0.1, 0.15) is 16.7 Å². The molecule has 0 bridgehead atoms. The Kier molecular flexibility index (Phi) is 4.59. The summed E-state index contributed by atoms with van der Waals surface area (Å²) in [6, 6.07) is 7.40. The molecular weight excluding hydrogens is 452 g/mol. The first-order chi connectivity index (χ1) is 14.0. The van der Waals surface area contributed by atoms with Gasteiger partial charge in [-0.15, -0.1) is 21.5 Å². The van der Waals surface area contributed by atoms with Gasteiger partial charge in [0.25, 0.3) is 5.56 Å². The van der Waals surface area contributed by atoms with Crippen LogP contribution in [-0.4, -0.2) is 30.2 Å². The van der Waals surface area contributed by atoms with E-state index >= 15 is 0 Å². The minimum atomic E-state index is -0.332. The summed E-state index contributed by atoms with van der Waals surface area (Å²) in [6.45, 7) is 4.17. The summed E-state index contributed by atoms with van der Waals surface area (Å²) < 4.78 is 0.991. The van der Waals surface area contributed by atoms with E-state index in [4.69, 9.17) is 4.98 Å². The normalized spacial score (nSPS) is 17.4. The number of aromatic amines is 1. The van der Waals surface area contributed by atoms with E-state index in [0.717, 1.165) is 39.5 Å². The SMILES string of the molecule is CC1CCc2c(sc3nc(C(C)n4nnc(-c5ccc(Br)cc5)n4)[nH]c(=O)c23)C1. The predicted octanol–water partition coefficient (Wildman–Crippen LogP) is 4.13. The fourth-order valence-corrected chi connectivity index (χ4v) is 5.43. The van der Waals surface area contributed by atoms with Crippen molar-refractivity contribution in [2.45, 2.75) is 39.2 Å². The molecule has 29 heavy (non-hydrogen) atoms. The quantitative estimate of drug-likeness (QED) is 0.485. The van der Waals surface area contributed by atoms with Gasteiger partial charge in [0, 0.05) is 14.9 Å². The maximum Gasteiger partial charge on any atom is 0.260 e. The van der Waals surface area contributed by atoms with Crippen molar-refractivity contribution in [2.75, 3.05) is 0 Å². The molecule has 1 aliphatic carbocycles. The minimum absolute atomic E-state index is 0.0721. The summed E-state index contributed by atoms with van der Waals surface area (Å²) in [4.78, 5) is 24.2. The molecule has 0 fully saturated rings. The highest BCUT2D eigenvalue weighted by Crippen LogP contribution is 2.36. The number of thiophene rings is 1. The lowest BCUT2D eigenvalue weighted by Gasteiger charge is -2.17. The molecule has 5 rings (SSSR count). The Bertz CT molecular complexity index is 1260. The zero-order valence-corrected chi connectivity index (χ0v) is 18.4. The topological polar surface area (TPSA) is 89.3 Å². The van der Waals surface area contributed by atoms with Crippen molar-refractivity contribution < 1.29 is 0 Å². The second kappa shape index (κ2) is 7.14. The average Bonchev–Trinajstić information content (AvgIpc) is 3.32. The van der Waals surface area contributed by atoms with Crippen molar-refractivity contribution in [3.63, 3.8) is 0 Å². The number of nitrogens with zero attached hydrogens (tertiary/aromatic N) is 5. The largest absolute Gasteiger partial charge is 0.308 e. The van der Waals surface area contributed by atoms with Gasteiger partial charge in [0.05, 0.1) is 5.39 Å². The molecular formula is C20H19BrN6OS. The Morgan fingerprint density at radius 3 is 2.90 bits per heavy atom. The number of aromatic nitrogens is 6. The van der Waals surface area contributed by atoms with Gasteiger partial charge in [0.15, 0.2) is 0 Å². The van der Waals surface area contributed by atoms with Crippen LogP contribution in [-0.2, 0) is 12.8 Å². The number of tetrazole rings is 1. The smallest absolute Gasteiger partial charge is 0.260 e. The number of rotatable bonds is 3. The van der Waals surface area contributed by atoms with E-state index in [1.807, 2.05) is 31.2 Å². The van der Waals surface area contributed by atoms with Crippen molar-refractivity contribution in [3.8, 4) is 11.4 Å². The molecule has 1 aliphatic rings. The summed E-state index contributed by atoms with van der Waals surface area (Å²) in [5, 5.41) is 13.6. The van der Waals surface area contributed by atoms with Crippen LogP contribution in [0.25, 0.3) is 21.6 Å². The summed E-state index contributed by atoms with van der Waals surface area (Å²) >= 11 is 5.07. The summed E-state index contributed by atoms with van der Waals surface area (Å²) in [6.07, 6.45) is 3.11. The molecule has 0 saturated carbocycles. The third-order valence-corrected chi connectivity index (χ3v) is 7.13. The van der Waals surface area contributed by atoms with Gasteiger partial charge in [-0.2, -0.15) is 4.80 Å². The highest BCUT2D eigenvalue weighted by Gasteiger charge is 2.24. The van der Waals surface area contributed by atoms with Crippen LogP contribution in [0.4, 0.5) is 0 Å². The van der Waals surface area contributed by atoms with Crippen LogP contribution in [0, 0.1) is 5.92 Å². The Morgan fingerprint density at radius 1 is 1.31 bits per heavy atom. The number of aryl methyl sites for hydroxylation is 1. The van der Waals surface area contributed by atoms with E-state index in [1.54, 1.807) is 11.3 Å². The van der Waals surface area contributed by atoms with Crippen LogP contribution in [0.15, 0.2) is 33.5 Å². The van der Waals surface area contributed by atoms with Crippen LogP contribution >= 0.6 is 27.3 Å². The molecule has 0 saturated heterocycles. The third-order valence-electron chi connectivity index (χ3n) is 5.46. The first kappa shape index (κ1) is 18.6. The second-order valence-electron chi connectivity index (χ2n) is 7.60. The number of halogens is 1. The zero-order valence-electron chi connectivity index (χ0n) is 16.0. The molecule has 0 aliphatic heterocycles. The number of hydrogen-bond donors (Lipinski definition) is 1. The molecule has 2 atom stereocenters. The van der Waals surface area contributed by atoms with Crippen molar-refractivity contribution >= 4 is 37.5 Å². The molecule has 9 heteroatoms. The molecule has 0 radical (unpaired) electrons. The molecule has 1 aromatic carbocycles. The molecule has 3 heterocycles. The number of hydrogen-bond acceptors (Lipinski definition) is 6. The first-order valence-corrected chi connectivity index (χ1v) is 11.2. The highest BCUT2D eigenvalue weighted by atomic mass is 79.9. The van der Waals surface area contributed by atoms with E-state index in [1.165, 1.54) is 15.2 Å². The standard InChI is InChI=1S/C20H19BrN6OS/c1-10-3-8-14-15(9-10)29-20-16(14)19(28)22-17(23-20)11(2)27-25-18(24-26-27)12-4-6-13(21)7-5-12/h4-7,10-11H,3,8-9H2,1-2H3,(H,22,23,28). The summed E-state index contributed by atoms with van der Waals surface area (Å²) in [7, 11) is 0. The molecule has 0 spiro atoms. The van der Waals surface area contributed by atoms with Gasteiger partial charge >= 0.3 is 0 Å². The van der Waals surface area contributed by atoms with Gasteiger partial charge in [-0.25, -0.2) is 4.98 Å².